The van der Waals surface area contributed by atoms with Gasteiger partial charge in [0.1, 0.15) is 5.75 Å². The first-order chi connectivity index (χ1) is 10.6. The van der Waals surface area contributed by atoms with Gasteiger partial charge in [-0.15, -0.1) is 0 Å². The van der Waals surface area contributed by atoms with Crippen molar-refractivity contribution in [2.75, 3.05) is 7.05 Å². The Morgan fingerprint density at radius 3 is 2.68 bits per heavy atom. The number of hydrogen-bond acceptors (Lipinski definition) is 4. The Bertz CT molecular complexity index is 722. The standard InChI is InChI=1S/C18H19N3O/c1-13-10-15(22-17-6-4-5-9-20-17)7-8-16(13)18-14(2)11-19-12-21(18)3/h4-12,18H,1-3H3. The van der Waals surface area contributed by atoms with Crippen LogP contribution in [-0.4, -0.2) is 23.3 Å². The van der Waals surface area contributed by atoms with Crippen LogP contribution in [-0.2, 0) is 0 Å². The lowest BCUT2D eigenvalue weighted by Crippen LogP contribution is -2.26. The molecule has 1 aromatic carbocycles. The Balaban J connectivity index is 1.87. The number of ether oxygens (including phenoxy) is 1. The van der Waals surface area contributed by atoms with Crippen molar-refractivity contribution in [3.63, 3.8) is 0 Å². The highest BCUT2D eigenvalue weighted by molar-refractivity contribution is 5.60. The van der Waals surface area contributed by atoms with E-state index in [0.29, 0.717) is 5.88 Å². The number of hydrogen-bond donors (Lipinski definition) is 0. The number of benzene rings is 1. The molecule has 4 heteroatoms. The van der Waals surface area contributed by atoms with Crippen LogP contribution in [0.25, 0.3) is 0 Å². The summed E-state index contributed by atoms with van der Waals surface area (Å²) in [7, 11) is 2.04. The zero-order chi connectivity index (χ0) is 15.5. The second kappa shape index (κ2) is 6.02. The molecule has 0 amide bonds. The number of aliphatic imine (C=N–C) groups is 1. The predicted molar refractivity (Wildman–Crippen MR) is 88.2 cm³/mol. The number of nitrogens with zero attached hydrogens (tertiary/aromatic N) is 3. The van der Waals surface area contributed by atoms with Crippen molar-refractivity contribution in [3.8, 4) is 11.6 Å². The van der Waals surface area contributed by atoms with E-state index in [1.54, 1.807) is 6.20 Å². The SMILES string of the molecule is CC1=CN=CN(C)C1c1ccc(Oc2ccccn2)cc1C. The van der Waals surface area contributed by atoms with Crippen molar-refractivity contribution in [1.29, 1.82) is 0 Å². The summed E-state index contributed by atoms with van der Waals surface area (Å²) in [6, 6.07) is 12.0. The average Bonchev–Trinajstić information content (AvgIpc) is 2.50. The van der Waals surface area contributed by atoms with E-state index in [4.69, 9.17) is 4.74 Å². The Labute approximate surface area is 130 Å². The minimum atomic E-state index is 0.224. The van der Waals surface area contributed by atoms with E-state index in [0.717, 1.165) is 5.75 Å². The molecule has 0 saturated heterocycles. The molecular weight excluding hydrogens is 274 g/mol. The molecule has 1 aliphatic rings. The van der Waals surface area contributed by atoms with Crippen molar-refractivity contribution in [3.05, 3.63) is 65.5 Å². The van der Waals surface area contributed by atoms with E-state index in [1.807, 2.05) is 43.9 Å². The molecule has 22 heavy (non-hydrogen) atoms. The highest BCUT2D eigenvalue weighted by Gasteiger charge is 2.21. The van der Waals surface area contributed by atoms with Crippen LogP contribution in [0.2, 0.25) is 0 Å². The van der Waals surface area contributed by atoms with E-state index in [9.17, 15) is 0 Å². The predicted octanol–water partition coefficient (Wildman–Crippen LogP) is 4.10. The van der Waals surface area contributed by atoms with Gasteiger partial charge in [-0.25, -0.2) is 9.98 Å². The molecule has 0 spiro atoms. The van der Waals surface area contributed by atoms with E-state index >= 15 is 0 Å². The van der Waals surface area contributed by atoms with Crippen molar-refractivity contribution in [2.45, 2.75) is 19.9 Å². The molecule has 0 aliphatic carbocycles. The van der Waals surface area contributed by atoms with Crippen LogP contribution in [0.15, 0.2) is 59.4 Å². The van der Waals surface area contributed by atoms with Gasteiger partial charge in [0.2, 0.25) is 5.88 Å². The topological polar surface area (TPSA) is 37.7 Å². The lowest BCUT2D eigenvalue weighted by Gasteiger charge is -2.30. The summed E-state index contributed by atoms with van der Waals surface area (Å²) in [5.41, 5.74) is 3.68. The van der Waals surface area contributed by atoms with Crippen LogP contribution in [0, 0.1) is 6.92 Å². The second-order valence-corrected chi connectivity index (χ2v) is 5.49. The zero-order valence-electron chi connectivity index (χ0n) is 13.0. The van der Waals surface area contributed by atoms with Crippen molar-refractivity contribution < 1.29 is 4.74 Å². The Kier molecular flexibility index (Phi) is 3.92. The summed E-state index contributed by atoms with van der Waals surface area (Å²) in [6.07, 6.45) is 5.50. The molecular formula is C18H19N3O. The first kappa shape index (κ1) is 14.3. The number of pyridine rings is 1. The number of likely N-dealkylation sites (N-methyl/N-ethyl adjacent to an activating group) is 1. The van der Waals surface area contributed by atoms with Gasteiger partial charge in [0.25, 0.3) is 0 Å². The molecule has 112 valence electrons. The third-order valence-electron chi connectivity index (χ3n) is 3.76. The van der Waals surface area contributed by atoms with Gasteiger partial charge in [0, 0.05) is 25.5 Å². The molecule has 0 radical (unpaired) electrons. The Hall–Kier alpha value is -2.62. The van der Waals surface area contributed by atoms with E-state index in [1.165, 1.54) is 16.7 Å². The van der Waals surface area contributed by atoms with Crippen molar-refractivity contribution in [2.24, 2.45) is 4.99 Å². The molecule has 1 aromatic heterocycles. The first-order valence-corrected chi connectivity index (χ1v) is 7.26. The highest BCUT2D eigenvalue weighted by atomic mass is 16.5. The molecule has 1 atom stereocenters. The minimum Gasteiger partial charge on any atom is -0.439 e. The average molecular weight is 293 g/mol. The van der Waals surface area contributed by atoms with E-state index in [2.05, 4.69) is 40.9 Å². The molecule has 4 nitrogen and oxygen atoms in total. The lowest BCUT2D eigenvalue weighted by molar-refractivity contribution is 0.422. The van der Waals surface area contributed by atoms with Crippen molar-refractivity contribution in [1.82, 2.24) is 9.88 Å². The van der Waals surface area contributed by atoms with Crippen LogP contribution in [0.4, 0.5) is 0 Å². The Morgan fingerprint density at radius 2 is 2.00 bits per heavy atom. The van der Waals surface area contributed by atoms with Gasteiger partial charge in [-0.05, 0) is 48.7 Å². The quantitative estimate of drug-likeness (QED) is 0.855. The maximum absolute atomic E-state index is 5.79. The molecule has 0 fully saturated rings. The maximum Gasteiger partial charge on any atom is 0.219 e. The summed E-state index contributed by atoms with van der Waals surface area (Å²) >= 11 is 0. The number of aryl methyl sites for hydroxylation is 1. The number of aromatic nitrogens is 1. The number of rotatable bonds is 3. The van der Waals surface area contributed by atoms with Gasteiger partial charge in [-0.1, -0.05) is 12.1 Å². The third kappa shape index (κ3) is 2.86. The van der Waals surface area contributed by atoms with Gasteiger partial charge < -0.3 is 9.64 Å². The molecule has 0 N–H and O–H groups in total. The summed E-state index contributed by atoms with van der Waals surface area (Å²) in [5.74, 6) is 1.40. The third-order valence-corrected chi connectivity index (χ3v) is 3.76. The second-order valence-electron chi connectivity index (χ2n) is 5.49. The van der Waals surface area contributed by atoms with Crippen LogP contribution in [0.5, 0.6) is 11.6 Å². The summed E-state index contributed by atoms with van der Waals surface area (Å²) in [4.78, 5) is 10.5. The molecule has 2 aromatic rings. The Morgan fingerprint density at radius 1 is 1.14 bits per heavy atom. The van der Waals surface area contributed by atoms with E-state index < -0.39 is 0 Å². The van der Waals surface area contributed by atoms with Crippen LogP contribution >= 0.6 is 0 Å². The van der Waals surface area contributed by atoms with Gasteiger partial charge >= 0.3 is 0 Å². The molecule has 0 bridgehead atoms. The minimum absolute atomic E-state index is 0.224. The fourth-order valence-electron chi connectivity index (χ4n) is 2.73. The summed E-state index contributed by atoms with van der Waals surface area (Å²) in [5, 5.41) is 0. The van der Waals surface area contributed by atoms with Gasteiger partial charge in [0.15, 0.2) is 0 Å². The summed E-state index contributed by atoms with van der Waals surface area (Å²) in [6.45, 7) is 4.21. The molecule has 1 aliphatic heterocycles. The summed E-state index contributed by atoms with van der Waals surface area (Å²) < 4.78 is 5.79. The fraction of sp³-hybridized carbons (Fsp3) is 0.222. The zero-order valence-corrected chi connectivity index (χ0v) is 13.0. The molecule has 0 saturated carbocycles. The van der Waals surface area contributed by atoms with Crippen LogP contribution in [0.3, 0.4) is 0 Å². The highest BCUT2D eigenvalue weighted by Crippen LogP contribution is 2.33. The van der Waals surface area contributed by atoms with Crippen molar-refractivity contribution >= 4 is 6.34 Å². The fourth-order valence-corrected chi connectivity index (χ4v) is 2.73. The molecule has 3 rings (SSSR count). The first-order valence-electron chi connectivity index (χ1n) is 7.26. The van der Waals surface area contributed by atoms with Crippen LogP contribution < -0.4 is 4.74 Å². The van der Waals surface area contributed by atoms with Gasteiger partial charge in [0.05, 0.1) is 12.4 Å². The van der Waals surface area contributed by atoms with Crippen LogP contribution in [0.1, 0.15) is 24.1 Å². The van der Waals surface area contributed by atoms with E-state index in [-0.39, 0.29) is 6.04 Å². The van der Waals surface area contributed by atoms with Gasteiger partial charge in [-0.3, -0.25) is 0 Å². The maximum atomic E-state index is 5.79. The molecule has 1 unspecified atom stereocenters. The molecule has 2 heterocycles. The lowest BCUT2D eigenvalue weighted by atomic mass is 9.94. The van der Waals surface area contributed by atoms with Gasteiger partial charge in [-0.2, -0.15) is 0 Å². The smallest absolute Gasteiger partial charge is 0.219 e. The monoisotopic (exact) mass is 293 g/mol. The largest absolute Gasteiger partial charge is 0.439 e. The normalized spacial score (nSPS) is 17.3.